The van der Waals surface area contributed by atoms with Crippen molar-refractivity contribution in [1.29, 1.82) is 0 Å². The summed E-state index contributed by atoms with van der Waals surface area (Å²) in [4.78, 5) is 12.3. The zero-order valence-corrected chi connectivity index (χ0v) is 13.3. The molecule has 1 aromatic rings. The van der Waals surface area contributed by atoms with Gasteiger partial charge in [0.05, 0.1) is 29.9 Å². The number of hydrogen-bond acceptors (Lipinski definition) is 5. The number of rotatable bonds is 7. The van der Waals surface area contributed by atoms with Crippen molar-refractivity contribution < 1.29 is 24.9 Å². The van der Waals surface area contributed by atoms with Crippen molar-refractivity contribution >= 4 is 5.91 Å². The number of nitrogens with zero attached hydrogens (tertiary/aromatic N) is 1. The highest BCUT2D eigenvalue weighted by Gasteiger charge is 2.46. The van der Waals surface area contributed by atoms with E-state index >= 15 is 0 Å². The molecule has 0 spiro atoms. The maximum absolute atomic E-state index is 12.3. The van der Waals surface area contributed by atoms with Gasteiger partial charge in [0, 0.05) is 6.54 Å². The predicted molar refractivity (Wildman–Crippen MR) is 82.2 cm³/mol. The molecular weight excluding hydrogens is 300 g/mol. The highest BCUT2D eigenvalue weighted by Crippen LogP contribution is 2.58. The summed E-state index contributed by atoms with van der Waals surface area (Å²) in [5.41, 5.74) is 1.13. The zero-order valence-electron chi connectivity index (χ0n) is 13.3. The maximum Gasteiger partial charge on any atom is 0.245 e. The van der Waals surface area contributed by atoms with Crippen LogP contribution in [0.5, 0.6) is 11.8 Å². The minimum absolute atomic E-state index is 0.174. The van der Waals surface area contributed by atoms with E-state index in [1.54, 1.807) is 0 Å². The minimum atomic E-state index is -1.04. The third-order valence-corrected chi connectivity index (χ3v) is 4.76. The molecule has 1 unspecified atom stereocenters. The van der Waals surface area contributed by atoms with Gasteiger partial charge >= 0.3 is 0 Å². The predicted octanol–water partition coefficient (Wildman–Crippen LogP) is 1.65. The smallest absolute Gasteiger partial charge is 0.245 e. The molecule has 3 rings (SSSR count). The molecule has 7 nitrogen and oxygen atoms in total. The maximum atomic E-state index is 12.3. The number of aromatic hydroxyl groups is 2. The Morgan fingerprint density at radius 2 is 1.87 bits per heavy atom. The monoisotopic (exact) mass is 324 g/mol. The molecule has 23 heavy (non-hydrogen) atoms. The Morgan fingerprint density at radius 3 is 2.39 bits per heavy atom. The first-order chi connectivity index (χ1) is 11.1. The van der Waals surface area contributed by atoms with Gasteiger partial charge < -0.3 is 25.4 Å². The number of unbranched alkanes of at least 4 members (excludes halogenated alkanes) is 2. The van der Waals surface area contributed by atoms with Crippen molar-refractivity contribution in [2.45, 2.75) is 57.3 Å². The van der Waals surface area contributed by atoms with Crippen LogP contribution in [-0.2, 0) is 9.53 Å². The minimum Gasteiger partial charge on any atom is -0.494 e. The Labute approximate surface area is 134 Å². The van der Waals surface area contributed by atoms with Crippen molar-refractivity contribution in [2.75, 3.05) is 13.2 Å². The standard InChI is InChI=1S/C16H24N2O5/c1-2-3-4-7-17-14(20)9(8-19)18-15(21)12-10-5-6-11(23-10)13(12)16(18)22/h9-11,19,21-22H,2-8H2,1H3,(H,17,20)/t9?,10-,11+. The van der Waals surface area contributed by atoms with Gasteiger partial charge in [-0.2, -0.15) is 0 Å². The van der Waals surface area contributed by atoms with Crippen LogP contribution in [0.3, 0.4) is 0 Å². The van der Waals surface area contributed by atoms with Gasteiger partial charge in [-0.1, -0.05) is 19.8 Å². The normalized spacial score (nSPS) is 23.0. The molecule has 2 bridgehead atoms. The van der Waals surface area contributed by atoms with Crippen molar-refractivity contribution in [3.8, 4) is 11.8 Å². The topological polar surface area (TPSA) is 104 Å². The molecule has 0 aromatic carbocycles. The van der Waals surface area contributed by atoms with E-state index in [1.807, 2.05) is 0 Å². The van der Waals surface area contributed by atoms with Crippen molar-refractivity contribution in [1.82, 2.24) is 9.88 Å². The van der Waals surface area contributed by atoms with E-state index in [9.17, 15) is 20.1 Å². The zero-order chi connectivity index (χ0) is 16.6. The Hall–Kier alpha value is -1.73. The molecule has 0 saturated carbocycles. The SMILES string of the molecule is CCCCCNC(=O)C(CO)n1c(O)c2c(c1O)[C@H]1CC[C@@H]2O1. The van der Waals surface area contributed by atoms with E-state index < -0.39 is 18.6 Å². The molecule has 0 radical (unpaired) electrons. The average Bonchev–Trinajstić information content (AvgIpc) is 3.21. The first-order valence-corrected chi connectivity index (χ1v) is 8.30. The van der Waals surface area contributed by atoms with Crippen molar-refractivity contribution in [3.63, 3.8) is 0 Å². The second-order valence-corrected chi connectivity index (χ2v) is 6.23. The molecule has 2 aliphatic rings. The summed E-state index contributed by atoms with van der Waals surface area (Å²) < 4.78 is 6.80. The number of nitrogens with one attached hydrogen (secondary N) is 1. The van der Waals surface area contributed by atoms with Crippen LogP contribution in [0.1, 0.15) is 68.4 Å². The summed E-state index contributed by atoms with van der Waals surface area (Å²) in [6, 6.07) is -1.04. The summed E-state index contributed by atoms with van der Waals surface area (Å²) in [5.74, 6) is -0.754. The number of ether oxygens (including phenoxy) is 1. The van der Waals surface area contributed by atoms with Crippen LogP contribution in [0.2, 0.25) is 0 Å². The van der Waals surface area contributed by atoms with Crippen molar-refractivity contribution in [3.05, 3.63) is 11.1 Å². The largest absolute Gasteiger partial charge is 0.494 e. The Bertz CT molecular complexity index is 564. The van der Waals surface area contributed by atoms with E-state index in [1.165, 1.54) is 0 Å². The third kappa shape index (κ3) is 2.57. The number of aromatic nitrogens is 1. The van der Waals surface area contributed by atoms with E-state index in [-0.39, 0.29) is 24.0 Å². The lowest BCUT2D eigenvalue weighted by Crippen LogP contribution is -2.35. The molecule has 128 valence electrons. The molecule has 3 heterocycles. The van der Waals surface area contributed by atoms with E-state index in [0.29, 0.717) is 17.7 Å². The van der Waals surface area contributed by atoms with Gasteiger partial charge in [-0.15, -0.1) is 0 Å². The number of aliphatic hydroxyl groups is 1. The first-order valence-electron chi connectivity index (χ1n) is 8.30. The summed E-state index contributed by atoms with van der Waals surface area (Å²) in [6.07, 6.45) is 4.05. The molecule has 7 heteroatoms. The second-order valence-electron chi connectivity index (χ2n) is 6.23. The van der Waals surface area contributed by atoms with Crippen LogP contribution in [0.15, 0.2) is 0 Å². The van der Waals surface area contributed by atoms with Gasteiger partial charge in [0.15, 0.2) is 0 Å². The number of carbonyl (C=O) groups excluding carboxylic acids is 1. The van der Waals surface area contributed by atoms with E-state index in [4.69, 9.17) is 4.74 Å². The first kappa shape index (κ1) is 16.1. The van der Waals surface area contributed by atoms with Crippen LogP contribution in [0, 0.1) is 0 Å². The number of fused-ring (bicyclic) bond motifs is 5. The summed E-state index contributed by atoms with van der Waals surface area (Å²) in [6.45, 7) is 2.09. The van der Waals surface area contributed by atoms with Gasteiger partial charge in [0.25, 0.3) is 0 Å². The number of hydrogen-bond donors (Lipinski definition) is 4. The Kier molecular flexibility index (Phi) is 4.50. The third-order valence-electron chi connectivity index (χ3n) is 4.76. The van der Waals surface area contributed by atoms with E-state index in [2.05, 4.69) is 12.2 Å². The quantitative estimate of drug-likeness (QED) is 0.571. The van der Waals surface area contributed by atoms with Crippen LogP contribution in [-0.4, -0.2) is 38.9 Å². The summed E-state index contributed by atoms with van der Waals surface area (Å²) in [5, 5.41) is 33.2. The fourth-order valence-electron chi connectivity index (χ4n) is 3.58. The van der Waals surface area contributed by atoms with Gasteiger partial charge in [-0.25, -0.2) is 0 Å². The molecule has 2 aliphatic heterocycles. The number of amides is 1. The van der Waals surface area contributed by atoms with Crippen LogP contribution in [0.4, 0.5) is 0 Å². The Balaban J connectivity index is 1.81. The molecule has 1 fully saturated rings. The van der Waals surface area contributed by atoms with Crippen molar-refractivity contribution in [2.24, 2.45) is 0 Å². The molecule has 0 aliphatic carbocycles. The van der Waals surface area contributed by atoms with Gasteiger partial charge in [0.1, 0.15) is 6.04 Å². The molecule has 1 amide bonds. The lowest BCUT2D eigenvalue weighted by Gasteiger charge is -2.19. The fraction of sp³-hybridized carbons (Fsp3) is 0.688. The van der Waals surface area contributed by atoms with Crippen LogP contribution in [0.25, 0.3) is 0 Å². The van der Waals surface area contributed by atoms with Gasteiger partial charge in [0.2, 0.25) is 17.7 Å². The lowest BCUT2D eigenvalue weighted by atomic mass is 9.95. The summed E-state index contributed by atoms with van der Waals surface area (Å²) >= 11 is 0. The Morgan fingerprint density at radius 1 is 1.26 bits per heavy atom. The van der Waals surface area contributed by atoms with Crippen LogP contribution < -0.4 is 5.32 Å². The highest BCUT2D eigenvalue weighted by molar-refractivity contribution is 5.81. The molecule has 4 N–H and O–H groups in total. The molecule has 1 saturated heterocycles. The molecular formula is C16H24N2O5. The van der Waals surface area contributed by atoms with Gasteiger partial charge in [-0.3, -0.25) is 9.36 Å². The molecule has 1 aromatic heterocycles. The van der Waals surface area contributed by atoms with Gasteiger partial charge in [-0.05, 0) is 19.3 Å². The highest BCUT2D eigenvalue weighted by atomic mass is 16.5. The van der Waals surface area contributed by atoms with Crippen LogP contribution >= 0.6 is 0 Å². The number of carbonyl (C=O) groups is 1. The fourth-order valence-corrected chi connectivity index (χ4v) is 3.58. The summed E-state index contributed by atoms with van der Waals surface area (Å²) in [7, 11) is 0. The molecule has 3 atom stereocenters. The van der Waals surface area contributed by atoms with E-state index in [0.717, 1.165) is 36.7 Å². The lowest BCUT2D eigenvalue weighted by molar-refractivity contribution is -0.125. The average molecular weight is 324 g/mol. The second kappa shape index (κ2) is 6.41. The number of aliphatic hydroxyl groups excluding tert-OH is 1.